The molecule has 0 spiro atoms. The number of anilines is 1. The maximum Gasteiger partial charge on any atom is 0.346 e. The maximum absolute atomic E-state index is 15.0. The van der Waals surface area contributed by atoms with Gasteiger partial charge in [-0.1, -0.05) is 45.0 Å². The predicted octanol–water partition coefficient (Wildman–Crippen LogP) is 4.57. The van der Waals surface area contributed by atoms with Gasteiger partial charge in [-0.2, -0.15) is 0 Å². The molecule has 2 atom stereocenters. The van der Waals surface area contributed by atoms with Crippen LogP contribution in [0, 0.1) is 11.6 Å². The minimum atomic E-state index is -1.05. The number of hydrogen-bond acceptors (Lipinski definition) is 6. The number of halogens is 2. The Hall–Kier alpha value is -3.70. The highest BCUT2D eigenvalue weighted by Crippen LogP contribution is 2.30. The van der Waals surface area contributed by atoms with Gasteiger partial charge in [0.1, 0.15) is 23.8 Å². The van der Waals surface area contributed by atoms with Gasteiger partial charge in [0.25, 0.3) is 0 Å². The van der Waals surface area contributed by atoms with Gasteiger partial charge in [-0.15, -0.1) is 0 Å². The fourth-order valence-electron chi connectivity index (χ4n) is 6.91. The summed E-state index contributed by atoms with van der Waals surface area (Å²) in [6, 6.07) is 15.9. The lowest BCUT2D eigenvalue weighted by Gasteiger charge is -2.44. The molecule has 8 nitrogen and oxygen atoms in total. The Morgan fingerprint density at radius 3 is 2.17 bits per heavy atom. The molecule has 4 rings (SSSR count). The van der Waals surface area contributed by atoms with E-state index in [9.17, 15) is 18.7 Å². The van der Waals surface area contributed by atoms with Crippen LogP contribution in [-0.2, 0) is 19.4 Å². The third-order valence-corrected chi connectivity index (χ3v) is 9.11. The standard InChI is InChI=1S/C37H49F2N5O3/c1-4-14-44(15-5-2,37(47)30-20-29(36(40)46)21-33(22-30)43-12-10-41-11-13-43)34(19-28-17-31(38)23-32(39)18-28)35(45)25-42-24-27-9-7-8-26(6-3)16-27/h7-9,16-18,20-23,34-35,41-42,45H,4-6,10-15,19,24-25H2,1-3H3,(H-,40,46)/p+1. The largest absolute Gasteiger partial charge is 0.386 e. The van der Waals surface area contributed by atoms with Gasteiger partial charge in [0, 0.05) is 63.0 Å². The van der Waals surface area contributed by atoms with Crippen LogP contribution >= 0.6 is 0 Å². The van der Waals surface area contributed by atoms with Crippen molar-refractivity contribution in [2.24, 2.45) is 5.73 Å². The normalized spacial score (nSPS) is 15.0. The topological polar surface area (TPSA) is 108 Å². The number of aryl methyl sites for hydroxylation is 1. The molecule has 0 saturated carbocycles. The summed E-state index contributed by atoms with van der Waals surface area (Å²) in [6.07, 6.45) is 1.15. The van der Waals surface area contributed by atoms with Crippen molar-refractivity contribution in [1.82, 2.24) is 10.6 Å². The van der Waals surface area contributed by atoms with E-state index in [2.05, 4.69) is 34.6 Å². The van der Waals surface area contributed by atoms with Crippen molar-refractivity contribution >= 4 is 17.5 Å². The Kier molecular flexibility index (Phi) is 13.0. The van der Waals surface area contributed by atoms with Gasteiger partial charge in [0.2, 0.25) is 5.91 Å². The average Bonchev–Trinajstić information content (AvgIpc) is 3.06. The molecule has 0 aliphatic carbocycles. The summed E-state index contributed by atoms with van der Waals surface area (Å²) in [6.45, 7) is 10.4. The van der Waals surface area contributed by atoms with E-state index in [0.29, 0.717) is 56.7 Å². The van der Waals surface area contributed by atoms with Gasteiger partial charge in [0.15, 0.2) is 0 Å². The van der Waals surface area contributed by atoms with Crippen molar-refractivity contribution in [2.45, 2.75) is 65.1 Å². The minimum absolute atomic E-state index is 0.0642. The summed E-state index contributed by atoms with van der Waals surface area (Å²) in [5, 5.41) is 18.6. The number of amides is 2. The highest BCUT2D eigenvalue weighted by molar-refractivity contribution is 5.98. The molecule has 5 N–H and O–H groups in total. The monoisotopic (exact) mass is 650 g/mol. The summed E-state index contributed by atoms with van der Waals surface area (Å²) < 4.78 is 28.7. The number of carbonyl (C=O) groups excluding carboxylic acids is 2. The third-order valence-electron chi connectivity index (χ3n) is 9.11. The van der Waals surface area contributed by atoms with Gasteiger partial charge in [-0.25, -0.2) is 13.6 Å². The van der Waals surface area contributed by atoms with Gasteiger partial charge in [0.05, 0.1) is 18.7 Å². The molecule has 254 valence electrons. The lowest BCUT2D eigenvalue weighted by molar-refractivity contribution is -0.878. The Morgan fingerprint density at radius 2 is 1.55 bits per heavy atom. The second kappa shape index (κ2) is 16.9. The van der Waals surface area contributed by atoms with Crippen LogP contribution in [0.25, 0.3) is 0 Å². The van der Waals surface area contributed by atoms with Crippen molar-refractivity contribution in [3.05, 3.63) is 100 Å². The Morgan fingerprint density at radius 1 is 0.915 bits per heavy atom. The van der Waals surface area contributed by atoms with Crippen LogP contribution in [-0.4, -0.2) is 79.4 Å². The van der Waals surface area contributed by atoms with Gasteiger partial charge < -0.3 is 26.4 Å². The molecule has 0 radical (unpaired) electrons. The van der Waals surface area contributed by atoms with Crippen LogP contribution in [0.3, 0.4) is 0 Å². The Balaban J connectivity index is 1.77. The number of rotatable bonds is 16. The second-order valence-corrected chi connectivity index (χ2v) is 12.6. The number of quaternary nitrogens is 1. The van der Waals surface area contributed by atoms with Crippen molar-refractivity contribution in [2.75, 3.05) is 50.7 Å². The predicted molar refractivity (Wildman–Crippen MR) is 182 cm³/mol. The lowest BCUT2D eigenvalue weighted by atomic mass is 9.93. The molecule has 1 fully saturated rings. The average molecular weight is 651 g/mol. The summed E-state index contributed by atoms with van der Waals surface area (Å²) in [5.41, 5.74) is 9.69. The summed E-state index contributed by atoms with van der Waals surface area (Å²) in [5.74, 6) is -2.33. The van der Waals surface area contributed by atoms with Gasteiger partial charge >= 0.3 is 5.91 Å². The van der Waals surface area contributed by atoms with Crippen LogP contribution < -0.4 is 21.3 Å². The quantitative estimate of drug-likeness (QED) is 0.169. The zero-order valence-corrected chi connectivity index (χ0v) is 27.9. The number of piperazine rings is 1. The molecule has 3 aromatic carbocycles. The van der Waals surface area contributed by atoms with Crippen molar-refractivity contribution < 1.29 is 28.0 Å². The number of nitrogens with one attached hydrogen (secondary N) is 2. The van der Waals surface area contributed by atoms with Crippen LogP contribution in [0.1, 0.15) is 71.0 Å². The third kappa shape index (κ3) is 9.22. The molecule has 1 saturated heterocycles. The molecule has 3 aromatic rings. The first kappa shape index (κ1) is 36.1. The van der Waals surface area contributed by atoms with Gasteiger partial charge in [-0.05, 0) is 66.3 Å². The fourth-order valence-corrected chi connectivity index (χ4v) is 6.91. The van der Waals surface area contributed by atoms with E-state index >= 15 is 4.79 Å². The van der Waals surface area contributed by atoms with Crippen LogP contribution in [0.4, 0.5) is 14.5 Å². The fraction of sp³-hybridized carbons (Fsp3) is 0.459. The molecule has 0 bridgehead atoms. The van der Waals surface area contributed by atoms with Crippen molar-refractivity contribution in [3.63, 3.8) is 0 Å². The molecule has 2 unspecified atom stereocenters. The number of aliphatic hydroxyl groups is 1. The summed E-state index contributed by atoms with van der Waals surface area (Å²) in [4.78, 5) is 29.6. The zero-order valence-electron chi connectivity index (χ0n) is 27.9. The van der Waals surface area contributed by atoms with E-state index in [1.165, 1.54) is 17.7 Å². The van der Waals surface area contributed by atoms with Crippen LogP contribution in [0.5, 0.6) is 0 Å². The molecule has 1 heterocycles. The van der Waals surface area contributed by atoms with E-state index in [1.807, 2.05) is 32.0 Å². The minimum Gasteiger partial charge on any atom is -0.386 e. The molecular weight excluding hydrogens is 600 g/mol. The van der Waals surface area contributed by atoms with Crippen LogP contribution in [0.2, 0.25) is 0 Å². The number of nitrogens with two attached hydrogens (primary N) is 1. The van der Waals surface area contributed by atoms with Gasteiger partial charge in [-0.3, -0.25) is 9.28 Å². The molecule has 0 aromatic heterocycles. The van der Waals surface area contributed by atoms with Crippen molar-refractivity contribution in [1.29, 1.82) is 0 Å². The number of primary amides is 1. The van der Waals surface area contributed by atoms with E-state index in [1.54, 1.807) is 12.1 Å². The molecule has 1 aliphatic rings. The molecular formula is C37H50F2N5O3+. The SMILES string of the molecule is CCC[N+](CCC)(C(=O)c1cc(C(N)=O)cc(N2CCNCC2)c1)C(Cc1cc(F)cc(F)c1)C(O)CNCc1cccc(CC)c1. The van der Waals surface area contributed by atoms with Crippen LogP contribution in [0.15, 0.2) is 60.7 Å². The summed E-state index contributed by atoms with van der Waals surface area (Å²) >= 11 is 0. The number of aliphatic hydroxyl groups excluding tert-OH is 1. The molecule has 2 amide bonds. The van der Waals surface area contributed by atoms with E-state index < -0.39 is 29.7 Å². The first-order valence-corrected chi connectivity index (χ1v) is 16.8. The molecule has 1 aliphatic heterocycles. The van der Waals surface area contributed by atoms with E-state index in [4.69, 9.17) is 5.73 Å². The summed E-state index contributed by atoms with van der Waals surface area (Å²) in [7, 11) is 0. The zero-order chi connectivity index (χ0) is 34.0. The Bertz CT molecular complexity index is 1480. The van der Waals surface area contributed by atoms with Crippen molar-refractivity contribution in [3.8, 4) is 0 Å². The first-order valence-electron chi connectivity index (χ1n) is 16.8. The number of hydrogen-bond donors (Lipinski definition) is 4. The Labute approximate surface area is 277 Å². The highest BCUT2D eigenvalue weighted by atomic mass is 19.1. The molecule has 47 heavy (non-hydrogen) atoms. The second-order valence-electron chi connectivity index (χ2n) is 12.6. The molecule has 10 heteroatoms. The lowest BCUT2D eigenvalue weighted by Crippen LogP contribution is -2.65. The smallest absolute Gasteiger partial charge is 0.346 e. The van der Waals surface area contributed by atoms with E-state index in [-0.39, 0.29) is 28.9 Å². The number of nitrogens with zero attached hydrogens (tertiary/aromatic N) is 2. The first-order chi connectivity index (χ1) is 22.6. The number of benzene rings is 3. The highest BCUT2D eigenvalue weighted by Gasteiger charge is 2.47. The van der Waals surface area contributed by atoms with E-state index in [0.717, 1.165) is 36.8 Å². The maximum atomic E-state index is 15.0. The number of carbonyl (C=O) groups is 2.